The molecule has 16 heavy (non-hydrogen) atoms. The van der Waals surface area contributed by atoms with Crippen molar-refractivity contribution in [2.24, 2.45) is 5.73 Å². The van der Waals surface area contributed by atoms with E-state index >= 15 is 0 Å². The van der Waals surface area contributed by atoms with Crippen molar-refractivity contribution in [2.75, 3.05) is 0 Å². The van der Waals surface area contributed by atoms with Crippen molar-refractivity contribution in [3.05, 3.63) is 36.9 Å². The predicted octanol–water partition coefficient (Wildman–Crippen LogP) is 2.02. The Labute approximate surface area is 96.2 Å². The Kier molecular flexibility index (Phi) is 3.11. The molecule has 0 saturated carbocycles. The van der Waals surface area contributed by atoms with Crippen molar-refractivity contribution in [2.45, 2.75) is 4.90 Å². The normalized spacial score (nSPS) is 10.0. The van der Waals surface area contributed by atoms with E-state index in [4.69, 9.17) is 10.2 Å². The smallest absolute Gasteiger partial charge is 0.322 e. The van der Waals surface area contributed by atoms with Crippen molar-refractivity contribution in [3.63, 3.8) is 0 Å². The van der Waals surface area contributed by atoms with E-state index < -0.39 is 6.03 Å². The Balaban J connectivity index is 2.08. The maximum Gasteiger partial charge on any atom is 0.322 e. The number of oxazole rings is 1. The number of aromatic nitrogens is 1. The molecule has 0 atom stereocenters. The van der Waals surface area contributed by atoms with Crippen LogP contribution in [-0.2, 0) is 0 Å². The summed E-state index contributed by atoms with van der Waals surface area (Å²) in [5.74, 6) is 0.708. The first-order chi connectivity index (χ1) is 7.75. The van der Waals surface area contributed by atoms with Gasteiger partial charge in [0, 0.05) is 10.5 Å². The van der Waals surface area contributed by atoms with Crippen molar-refractivity contribution < 1.29 is 9.21 Å². The van der Waals surface area contributed by atoms with Gasteiger partial charge in [-0.25, -0.2) is 9.78 Å². The number of nitrogens with two attached hydrogens (primary N) is 1. The Hall–Kier alpha value is -1.95. The summed E-state index contributed by atoms with van der Waals surface area (Å²) >= 11 is 1.16. The quantitative estimate of drug-likeness (QED) is 0.797. The summed E-state index contributed by atoms with van der Waals surface area (Å²) in [6.07, 6.45) is 3.02. The highest BCUT2D eigenvalue weighted by Gasteiger charge is 2.01. The minimum atomic E-state index is -0.565. The van der Waals surface area contributed by atoms with Gasteiger partial charge in [-0.1, -0.05) is 12.1 Å². The minimum Gasteiger partial charge on any atom is -0.444 e. The number of nitrogens with one attached hydrogen (secondary N) is 1. The lowest BCUT2D eigenvalue weighted by Gasteiger charge is -2.01. The molecule has 82 valence electrons. The molecule has 0 fully saturated rings. The van der Waals surface area contributed by atoms with Gasteiger partial charge in [-0.2, -0.15) is 0 Å². The fourth-order valence-corrected chi connectivity index (χ4v) is 1.65. The highest BCUT2D eigenvalue weighted by Crippen LogP contribution is 2.22. The van der Waals surface area contributed by atoms with Gasteiger partial charge < -0.3 is 10.2 Å². The van der Waals surface area contributed by atoms with Crippen LogP contribution >= 0.6 is 11.9 Å². The Morgan fingerprint density at radius 3 is 2.69 bits per heavy atom. The third-order valence-electron chi connectivity index (χ3n) is 1.84. The van der Waals surface area contributed by atoms with Crippen molar-refractivity contribution in [1.82, 2.24) is 9.71 Å². The van der Waals surface area contributed by atoms with E-state index in [9.17, 15) is 4.79 Å². The van der Waals surface area contributed by atoms with Crippen LogP contribution in [0, 0.1) is 0 Å². The van der Waals surface area contributed by atoms with Gasteiger partial charge in [-0.3, -0.25) is 4.72 Å². The second kappa shape index (κ2) is 4.71. The van der Waals surface area contributed by atoms with Crippen LogP contribution in [0.25, 0.3) is 11.3 Å². The number of carbonyl (C=O) groups excluding carboxylic acids is 1. The highest BCUT2D eigenvalue weighted by atomic mass is 32.2. The Bertz CT molecular complexity index is 467. The second-order valence-electron chi connectivity index (χ2n) is 2.96. The molecular formula is C10H9N3O2S. The molecule has 0 radical (unpaired) electrons. The van der Waals surface area contributed by atoms with Gasteiger partial charge in [0.25, 0.3) is 0 Å². The average molecular weight is 235 g/mol. The van der Waals surface area contributed by atoms with Crippen LogP contribution in [0.3, 0.4) is 0 Å². The van der Waals surface area contributed by atoms with E-state index in [-0.39, 0.29) is 0 Å². The van der Waals surface area contributed by atoms with E-state index in [1.54, 1.807) is 6.20 Å². The highest BCUT2D eigenvalue weighted by molar-refractivity contribution is 7.98. The molecule has 2 amide bonds. The summed E-state index contributed by atoms with van der Waals surface area (Å²) < 4.78 is 7.59. The number of primary amides is 1. The van der Waals surface area contributed by atoms with Crippen LogP contribution in [0.15, 0.2) is 46.2 Å². The zero-order chi connectivity index (χ0) is 11.4. The van der Waals surface area contributed by atoms with E-state index in [1.165, 1.54) is 6.39 Å². The van der Waals surface area contributed by atoms with Gasteiger partial charge in [0.15, 0.2) is 12.2 Å². The minimum absolute atomic E-state index is 0.565. The maximum atomic E-state index is 10.5. The van der Waals surface area contributed by atoms with Crippen LogP contribution in [-0.4, -0.2) is 11.0 Å². The van der Waals surface area contributed by atoms with E-state index in [0.29, 0.717) is 5.76 Å². The summed E-state index contributed by atoms with van der Waals surface area (Å²) in [4.78, 5) is 15.2. The SMILES string of the molecule is NC(=O)NSc1ccc(-c2cnco2)cc1. The number of hydrogen-bond acceptors (Lipinski definition) is 4. The molecule has 0 bridgehead atoms. The molecule has 6 heteroatoms. The molecule has 0 aliphatic rings. The first-order valence-corrected chi connectivity index (χ1v) is 5.28. The molecule has 0 aliphatic heterocycles. The molecule has 0 spiro atoms. The summed E-state index contributed by atoms with van der Waals surface area (Å²) in [6.45, 7) is 0. The molecule has 5 nitrogen and oxygen atoms in total. The number of rotatable bonds is 3. The van der Waals surface area contributed by atoms with Gasteiger partial charge >= 0.3 is 6.03 Å². The van der Waals surface area contributed by atoms with E-state index in [1.807, 2.05) is 24.3 Å². The fraction of sp³-hybridized carbons (Fsp3) is 0. The summed E-state index contributed by atoms with van der Waals surface area (Å²) in [6, 6.07) is 6.91. The van der Waals surface area contributed by atoms with Gasteiger partial charge in [0.2, 0.25) is 0 Å². The molecule has 2 aromatic rings. The van der Waals surface area contributed by atoms with Crippen LogP contribution < -0.4 is 10.5 Å². The monoisotopic (exact) mass is 235 g/mol. The number of hydrogen-bond donors (Lipinski definition) is 2. The molecule has 0 unspecified atom stereocenters. The van der Waals surface area contributed by atoms with Crippen molar-refractivity contribution in [3.8, 4) is 11.3 Å². The van der Waals surface area contributed by atoms with Gasteiger partial charge in [-0.05, 0) is 24.1 Å². The molecule has 2 rings (SSSR count). The lowest BCUT2D eigenvalue weighted by atomic mass is 10.2. The second-order valence-corrected chi connectivity index (χ2v) is 3.84. The van der Waals surface area contributed by atoms with E-state index in [2.05, 4.69) is 9.71 Å². The largest absolute Gasteiger partial charge is 0.444 e. The first kappa shape index (κ1) is 10.6. The topological polar surface area (TPSA) is 81.2 Å². The van der Waals surface area contributed by atoms with Gasteiger partial charge in [-0.15, -0.1) is 0 Å². The number of carbonyl (C=O) groups is 1. The summed E-state index contributed by atoms with van der Waals surface area (Å²) in [7, 11) is 0. The zero-order valence-corrected chi connectivity index (χ0v) is 9.03. The average Bonchev–Trinajstić information content (AvgIpc) is 2.80. The molecule has 1 aromatic carbocycles. The molecule has 3 N–H and O–H groups in total. The molecule has 1 aromatic heterocycles. The third-order valence-corrected chi connectivity index (χ3v) is 2.65. The maximum absolute atomic E-state index is 10.5. The number of nitrogens with zero attached hydrogens (tertiary/aromatic N) is 1. The third kappa shape index (κ3) is 2.54. The molecular weight excluding hydrogens is 226 g/mol. The van der Waals surface area contributed by atoms with Crippen LogP contribution in [0.4, 0.5) is 4.79 Å². The summed E-state index contributed by atoms with van der Waals surface area (Å²) in [5.41, 5.74) is 5.88. The van der Waals surface area contributed by atoms with Crippen molar-refractivity contribution in [1.29, 1.82) is 0 Å². The Morgan fingerprint density at radius 2 is 2.12 bits per heavy atom. The number of benzene rings is 1. The zero-order valence-electron chi connectivity index (χ0n) is 8.21. The van der Waals surface area contributed by atoms with Gasteiger partial charge in [0.05, 0.1) is 6.20 Å². The lowest BCUT2D eigenvalue weighted by molar-refractivity contribution is 0.254. The Morgan fingerprint density at radius 1 is 1.38 bits per heavy atom. The number of amides is 2. The lowest BCUT2D eigenvalue weighted by Crippen LogP contribution is -2.22. The fourth-order valence-electron chi connectivity index (χ4n) is 1.15. The van der Waals surface area contributed by atoms with E-state index in [0.717, 1.165) is 22.4 Å². The van der Waals surface area contributed by atoms with Crippen LogP contribution in [0.2, 0.25) is 0 Å². The van der Waals surface area contributed by atoms with Crippen LogP contribution in [0.1, 0.15) is 0 Å². The number of urea groups is 1. The molecule has 1 heterocycles. The molecule has 0 aliphatic carbocycles. The summed E-state index contributed by atoms with van der Waals surface area (Å²) in [5, 5.41) is 0. The predicted molar refractivity (Wildman–Crippen MR) is 60.5 cm³/mol. The standard InChI is InChI=1S/C10H9N3O2S/c11-10(14)13-16-8-3-1-7(2-4-8)9-5-12-6-15-9/h1-6H,(H3,11,13,14). The van der Waals surface area contributed by atoms with Gasteiger partial charge in [0.1, 0.15) is 0 Å². The van der Waals surface area contributed by atoms with Crippen LogP contribution in [0.5, 0.6) is 0 Å². The van der Waals surface area contributed by atoms with Crippen molar-refractivity contribution >= 4 is 18.0 Å². The molecule has 0 saturated heterocycles. The first-order valence-electron chi connectivity index (χ1n) is 4.47.